The second-order valence-corrected chi connectivity index (χ2v) is 5.97. The first-order valence-electron chi connectivity index (χ1n) is 7.84. The van der Waals surface area contributed by atoms with E-state index in [0.717, 1.165) is 29.9 Å². The number of anilines is 1. The molecule has 0 radical (unpaired) electrons. The fourth-order valence-electron chi connectivity index (χ4n) is 3.18. The first kappa shape index (κ1) is 14.2. The lowest BCUT2D eigenvalue weighted by Gasteiger charge is -2.19. The Morgan fingerprint density at radius 2 is 1.91 bits per heavy atom. The Morgan fingerprint density at radius 1 is 1.13 bits per heavy atom. The van der Waals surface area contributed by atoms with Gasteiger partial charge in [-0.25, -0.2) is 9.37 Å². The summed E-state index contributed by atoms with van der Waals surface area (Å²) in [6, 6.07) is 14.7. The van der Waals surface area contributed by atoms with Crippen molar-refractivity contribution in [1.82, 2.24) is 9.55 Å². The quantitative estimate of drug-likeness (QED) is 0.809. The minimum absolute atomic E-state index is 0.210. The molecule has 1 aliphatic heterocycles. The Bertz CT molecular complexity index is 845. The first-order chi connectivity index (χ1) is 11.2. The molecule has 4 rings (SSSR count). The number of hydrogen-bond acceptors (Lipinski definition) is 3. The number of fused-ring (bicyclic) bond motifs is 1. The van der Waals surface area contributed by atoms with Gasteiger partial charge in [-0.15, -0.1) is 0 Å². The van der Waals surface area contributed by atoms with E-state index >= 15 is 0 Å². The average Bonchev–Trinajstić information content (AvgIpc) is 3.14. The van der Waals surface area contributed by atoms with Gasteiger partial charge in [0.1, 0.15) is 5.82 Å². The predicted octanol–water partition coefficient (Wildman–Crippen LogP) is 2.79. The maximum atomic E-state index is 14.1. The van der Waals surface area contributed by atoms with Crippen molar-refractivity contribution in [2.24, 2.45) is 0 Å². The molecule has 0 unspecified atom stereocenters. The number of para-hydroxylation sites is 2. The maximum absolute atomic E-state index is 14.1. The van der Waals surface area contributed by atoms with E-state index in [0.29, 0.717) is 18.7 Å². The highest BCUT2D eigenvalue weighted by Crippen LogP contribution is 2.27. The molecule has 0 spiro atoms. The van der Waals surface area contributed by atoms with Crippen LogP contribution in [0.3, 0.4) is 0 Å². The van der Waals surface area contributed by atoms with Gasteiger partial charge in [-0.05, 0) is 24.6 Å². The van der Waals surface area contributed by atoms with Gasteiger partial charge in [0.2, 0.25) is 5.95 Å². The molecule has 23 heavy (non-hydrogen) atoms. The van der Waals surface area contributed by atoms with E-state index in [-0.39, 0.29) is 11.9 Å². The number of imidazole rings is 1. The van der Waals surface area contributed by atoms with Gasteiger partial charge in [0, 0.05) is 18.7 Å². The summed E-state index contributed by atoms with van der Waals surface area (Å²) in [5.74, 6) is 0.587. The summed E-state index contributed by atoms with van der Waals surface area (Å²) >= 11 is 0. The van der Waals surface area contributed by atoms with Crippen molar-refractivity contribution in [3.8, 4) is 0 Å². The first-order valence-corrected chi connectivity index (χ1v) is 7.84. The number of β-amino-alcohol motifs (C(OH)–C–C–N with tert-alkyl or cyclic N) is 1. The number of benzene rings is 2. The van der Waals surface area contributed by atoms with E-state index in [1.54, 1.807) is 12.1 Å². The Hall–Kier alpha value is -2.40. The molecule has 2 aromatic carbocycles. The lowest BCUT2D eigenvalue weighted by molar-refractivity contribution is 0.198. The molecule has 1 atom stereocenters. The molecule has 1 aliphatic rings. The van der Waals surface area contributed by atoms with Crippen LogP contribution in [0.5, 0.6) is 0 Å². The van der Waals surface area contributed by atoms with E-state index in [4.69, 9.17) is 4.98 Å². The summed E-state index contributed by atoms with van der Waals surface area (Å²) in [7, 11) is 0. The second-order valence-electron chi connectivity index (χ2n) is 5.97. The van der Waals surface area contributed by atoms with Crippen molar-refractivity contribution in [3.05, 3.63) is 59.9 Å². The lowest BCUT2D eigenvalue weighted by Crippen LogP contribution is -2.25. The fourth-order valence-corrected chi connectivity index (χ4v) is 3.18. The van der Waals surface area contributed by atoms with Crippen molar-refractivity contribution < 1.29 is 9.50 Å². The number of aliphatic hydroxyl groups excluding tert-OH is 1. The van der Waals surface area contributed by atoms with Gasteiger partial charge in [0.15, 0.2) is 0 Å². The Morgan fingerprint density at radius 3 is 2.70 bits per heavy atom. The summed E-state index contributed by atoms with van der Waals surface area (Å²) in [4.78, 5) is 6.79. The molecule has 4 nitrogen and oxygen atoms in total. The lowest BCUT2D eigenvalue weighted by atomic mass is 10.2. The zero-order valence-electron chi connectivity index (χ0n) is 12.7. The van der Waals surface area contributed by atoms with Crippen molar-refractivity contribution in [2.75, 3.05) is 18.0 Å². The monoisotopic (exact) mass is 311 g/mol. The molecule has 0 bridgehead atoms. The van der Waals surface area contributed by atoms with Gasteiger partial charge in [0.25, 0.3) is 0 Å². The van der Waals surface area contributed by atoms with E-state index in [9.17, 15) is 9.50 Å². The zero-order valence-corrected chi connectivity index (χ0v) is 12.7. The van der Waals surface area contributed by atoms with E-state index in [1.165, 1.54) is 6.07 Å². The third kappa shape index (κ3) is 2.57. The number of hydrogen-bond donors (Lipinski definition) is 1. The molecule has 1 fully saturated rings. The maximum Gasteiger partial charge on any atom is 0.206 e. The molecule has 3 aromatic rings. The summed E-state index contributed by atoms with van der Waals surface area (Å²) in [5, 5.41) is 9.82. The van der Waals surface area contributed by atoms with Crippen LogP contribution in [0, 0.1) is 5.82 Å². The molecule has 1 aromatic heterocycles. The highest BCUT2D eigenvalue weighted by atomic mass is 19.1. The third-order valence-electron chi connectivity index (χ3n) is 4.37. The van der Waals surface area contributed by atoms with Crippen molar-refractivity contribution in [2.45, 2.75) is 19.1 Å². The van der Waals surface area contributed by atoms with Gasteiger partial charge >= 0.3 is 0 Å². The number of rotatable bonds is 3. The summed E-state index contributed by atoms with van der Waals surface area (Å²) in [6.07, 6.45) is 0.417. The van der Waals surface area contributed by atoms with Crippen LogP contribution in [-0.4, -0.2) is 33.9 Å². The van der Waals surface area contributed by atoms with E-state index in [2.05, 4.69) is 4.90 Å². The van der Waals surface area contributed by atoms with Crippen molar-refractivity contribution >= 4 is 17.0 Å². The summed E-state index contributed by atoms with van der Waals surface area (Å²) in [5.41, 5.74) is 2.50. The molecular weight excluding hydrogens is 293 g/mol. The fraction of sp³-hybridized carbons (Fsp3) is 0.278. The van der Waals surface area contributed by atoms with Crippen LogP contribution < -0.4 is 4.90 Å². The summed E-state index contributed by atoms with van der Waals surface area (Å²) in [6.45, 7) is 1.76. The van der Waals surface area contributed by atoms with Crippen LogP contribution in [0.15, 0.2) is 48.5 Å². The Balaban J connectivity index is 1.81. The van der Waals surface area contributed by atoms with Gasteiger partial charge in [-0.2, -0.15) is 0 Å². The topological polar surface area (TPSA) is 41.3 Å². The van der Waals surface area contributed by atoms with Crippen molar-refractivity contribution in [1.29, 1.82) is 0 Å². The van der Waals surface area contributed by atoms with Crippen LogP contribution in [0.25, 0.3) is 11.0 Å². The largest absolute Gasteiger partial charge is 0.391 e. The normalized spacial score (nSPS) is 18.0. The number of aliphatic hydroxyl groups is 1. The highest BCUT2D eigenvalue weighted by Gasteiger charge is 2.25. The van der Waals surface area contributed by atoms with Crippen LogP contribution in [0.2, 0.25) is 0 Å². The smallest absolute Gasteiger partial charge is 0.206 e. The molecule has 0 amide bonds. The summed E-state index contributed by atoms with van der Waals surface area (Å²) < 4.78 is 16.1. The van der Waals surface area contributed by atoms with Gasteiger partial charge in [-0.3, -0.25) is 0 Å². The van der Waals surface area contributed by atoms with Crippen LogP contribution in [0.1, 0.15) is 12.0 Å². The van der Waals surface area contributed by atoms with Gasteiger partial charge in [-0.1, -0.05) is 30.3 Å². The number of halogens is 1. The minimum Gasteiger partial charge on any atom is -0.391 e. The standard InChI is InChI=1S/C18H18FN3O/c19-15-6-2-1-5-13(15)11-22-17-8-4-3-7-16(17)20-18(22)21-10-9-14(23)12-21/h1-8,14,23H,9-12H2/t14-/m0/s1. The Kier molecular flexibility index (Phi) is 3.50. The second kappa shape index (κ2) is 5.66. The highest BCUT2D eigenvalue weighted by molar-refractivity contribution is 5.79. The van der Waals surface area contributed by atoms with Crippen LogP contribution >= 0.6 is 0 Å². The molecular formula is C18H18FN3O. The molecule has 1 N–H and O–H groups in total. The molecule has 0 aliphatic carbocycles. The van der Waals surface area contributed by atoms with Gasteiger partial charge in [0.05, 0.1) is 23.7 Å². The SMILES string of the molecule is O[C@H]1CCN(c2nc3ccccc3n2Cc2ccccc2F)C1. The van der Waals surface area contributed by atoms with E-state index in [1.807, 2.05) is 34.9 Å². The van der Waals surface area contributed by atoms with Crippen molar-refractivity contribution in [3.63, 3.8) is 0 Å². The minimum atomic E-state index is -0.322. The molecule has 5 heteroatoms. The predicted molar refractivity (Wildman–Crippen MR) is 88.1 cm³/mol. The molecule has 0 saturated carbocycles. The van der Waals surface area contributed by atoms with Crippen LogP contribution in [0.4, 0.5) is 10.3 Å². The molecule has 1 saturated heterocycles. The average molecular weight is 311 g/mol. The Labute approximate surface area is 133 Å². The molecule has 2 heterocycles. The number of nitrogens with zero attached hydrogens (tertiary/aromatic N) is 3. The van der Waals surface area contributed by atoms with Gasteiger partial charge < -0.3 is 14.6 Å². The number of aromatic nitrogens is 2. The van der Waals surface area contributed by atoms with E-state index < -0.39 is 0 Å². The third-order valence-corrected chi connectivity index (χ3v) is 4.37. The van der Waals surface area contributed by atoms with Crippen LogP contribution in [-0.2, 0) is 6.54 Å². The zero-order chi connectivity index (χ0) is 15.8. The molecule has 118 valence electrons.